The van der Waals surface area contributed by atoms with E-state index in [-0.39, 0.29) is 18.5 Å². The van der Waals surface area contributed by atoms with Gasteiger partial charge in [-0.15, -0.1) is 0 Å². The lowest BCUT2D eigenvalue weighted by Gasteiger charge is -2.36. The van der Waals surface area contributed by atoms with Crippen molar-refractivity contribution in [3.63, 3.8) is 0 Å². The Balaban J connectivity index is 0.000000701. The molecule has 3 rings (SSSR count). The molecule has 2 N–H and O–H groups in total. The summed E-state index contributed by atoms with van der Waals surface area (Å²) in [5, 5.41) is 16.8. The fraction of sp³-hybridized carbons (Fsp3) is 0.588. The zero-order chi connectivity index (χ0) is 18.4. The van der Waals surface area contributed by atoms with E-state index in [9.17, 15) is 5.11 Å². The van der Waals surface area contributed by atoms with Crippen LogP contribution in [0.3, 0.4) is 0 Å². The first kappa shape index (κ1) is 19.1. The van der Waals surface area contributed by atoms with Crippen molar-refractivity contribution in [2.24, 2.45) is 12.5 Å². The maximum Gasteiger partial charge on any atom is 0.290 e. The van der Waals surface area contributed by atoms with Crippen LogP contribution in [0.25, 0.3) is 11.6 Å². The smallest absolute Gasteiger partial charge is 0.290 e. The third-order valence-electron chi connectivity index (χ3n) is 4.93. The van der Waals surface area contributed by atoms with Crippen LogP contribution in [0.5, 0.6) is 0 Å². The summed E-state index contributed by atoms with van der Waals surface area (Å²) in [6, 6.07) is 0. The lowest BCUT2D eigenvalue weighted by atomic mass is 9.81. The normalized spacial score (nSPS) is 16.2. The van der Waals surface area contributed by atoms with Crippen LogP contribution < -0.4 is 0 Å². The van der Waals surface area contributed by atoms with Crippen molar-refractivity contribution in [1.82, 2.24) is 19.1 Å². The lowest BCUT2D eigenvalue weighted by Crippen LogP contribution is -2.37. The molecule has 0 aromatic carbocycles. The Morgan fingerprint density at radius 1 is 1.32 bits per heavy atom. The molecule has 0 saturated carbocycles. The summed E-state index contributed by atoms with van der Waals surface area (Å²) in [5.74, 6) is 1.73. The molecule has 0 radical (unpaired) electrons. The van der Waals surface area contributed by atoms with Crippen molar-refractivity contribution in [2.75, 3.05) is 19.8 Å². The quantitative estimate of drug-likeness (QED) is 0.808. The van der Waals surface area contributed by atoms with Gasteiger partial charge in [0.1, 0.15) is 0 Å². The van der Waals surface area contributed by atoms with E-state index in [2.05, 4.69) is 26.0 Å². The average molecular weight is 350 g/mol. The van der Waals surface area contributed by atoms with Gasteiger partial charge in [0.25, 0.3) is 6.47 Å². The van der Waals surface area contributed by atoms with Crippen LogP contribution in [0, 0.1) is 19.3 Å². The first-order valence-corrected chi connectivity index (χ1v) is 8.26. The van der Waals surface area contributed by atoms with Gasteiger partial charge in [-0.25, -0.2) is 9.97 Å². The Morgan fingerprint density at radius 3 is 2.48 bits per heavy atom. The summed E-state index contributed by atoms with van der Waals surface area (Å²) in [6.45, 7) is 6.17. The Labute approximate surface area is 147 Å². The molecule has 1 aliphatic heterocycles. The molecule has 8 nitrogen and oxygen atoms in total. The van der Waals surface area contributed by atoms with E-state index < -0.39 is 0 Å². The molecule has 2 aromatic heterocycles. The van der Waals surface area contributed by atoms with Crippen LogP contribution in [0.4, 0.5) is 0 Å². The van der Waals surface area contributed by atoms with Crippen molar-refractivity contribution in [2.45, 2.75) is 33.2 Å². The Morgan fingerprint density at radius 2 is 1.96 bits per heavy atom. The van der Waals surface area contributed by atoms with E-state index in [4.69, 9.17) is 14.6 Å². The molecule has 0 aliphatic carbocycles. The number of aliphatic hydroxyl groups excluding tert-OH is 1. The molecule has 1 saturated heterocycles. The number of imidazole rings is 2. The number of nitrogens with zero attached hydrogens (tertiary/aromatic N) is 4. The van der Waals surface area contributed by atoms with E-state index in [0.717, 1.165) is 42.4 Å². The van der Waals surface area contributed by atoms with Crippen molar-refractivity contribution < 1.29 is 19.7 Å². The van der Waals surface area contributed by atoms with Gasteiger partial charge < -0.3 is 24.1 Å². The van der Waals surface area contributed by atoms with E-state index in [1.165, 1.54) is 0 Å². The van der Waals surface area contributed by atoms with Gasteiger partial charge >= 0.3 is 0 Å². The number of carbonyl (C=O) groups is 1. The van der Waals surface area contributed by atoms with Crippen molar-refractivity contribution in [3.05, 3.63) is 23.8 Å². The maximum absolute atomic E-state index is 9.89. The monoisotopic (exact) mass is 350 g/mol. The van der Waals surface area contributed by atoms with Gasteiger partial charge in [-0.1, -0.05) is 0 Å². The first-order valence-electron chi connectivity index (χ1n) is 8.26. The third kappa shape index (κ3) is 4.08. The number of hydrogen-bond acceptors (Lipinski definition) is 5. The molecular formula is C17H26N4O4. The van der Waals surface area contributed by atoms with Crippen LogP contribution in [-0.4, -0.2) is 55.6 Å². The van der Waals surface area contributed by atoms with E-state index in [0.29, 0.717) is 13.2 Å². The average Bonchev–Trinajstić information content (AvgIpc) is 3.16. The minimum Gasteiger partial charge on any atom is -0.483 e. The van der Waals surface area contributed by atoms with Gasteiger partial charge in [-0.2, -0.15) is 0 Å². The molecule has 1 aliphatic rings. The highest BCUT2D eigenvalue weighted by Gasteiger charge is 2.33. The van der Waals surface area contributed by atoms with Gasteiger partial charge in [0.05, 0.1) is 12.3 Å². The number of aryl methyl sites for hydroxylation is 1. The Bertz CT molecular complexity index is 702. The molecule has 0 amide bonds. The SMILES string of the molecule is Cc1nc(-c2nccn2CC2(CO)CCOCC2)n(C)c1C.O=CO. The molecule has 0 unspecified atom stereocenters. The molecule has 0 atom stereocenters. The molecule has 1 fully saturated rings. The number of hydrogen-bond donors (Lipinski definition) is 2. The van der Waals surface area contributed by atoms with E-state index in [1.54, 1.807) is 6.20 Å². The summed E-state index contributed by atoms with van der Waals surface area (Å²) in [4.78, 5) is 17.5. The molecule has 0 spiro atoms. The number of rotatable bonds is 4. The summed E-state index contributed by atoms with van der Waals surface area (Å²) >= 11 is 0. The highest BCUT2D eigenvalue weighted by atomic mass is 16.5. The summed E-state index contributed by atoms with van der Waals surface area (Å²) in [5.41, 5.74) is 2.05. The van der Waals surface area contributed by atoms with Crippen molar-refractivity contribution in [1.29, 1.82) is 0 Å². The lowest BCUT2D eigenvalue weighted by molar-refractivity contribution is -0.122. The number of aliphatic hydroxyl groups is 1. The second-order valence-corrected chi connectivity index (χ2v) is 6.42. The van der Waals surface area contributed by atoms with Gasteiger partial charge in [-0.3, -0.25) is 4.79 Å². The fourth-order valence-corrected chi connectivity index (χ4v) is 3.09. The Kier molecular flexibility index (Phi) is 6.33. The van der Waals surface area contributed by atoms with Crippen LogP contribution in [0.15, 0.2) is 12.4 Å². The second-order valence-electron chi connectivity index (χ2n) is 6.42. The van der Waals surface area contributed by atoms with Gasteiger partial charge in [-0.05, 0) is 26.7 Å². The molecule has 0 bridgehead atoms. The largest absolute Gasteiger partial charge is 0.483 e. The fourth-order valence-electron chi connectivity index (χ4n) is 3.09. The van der Waals surface area contributed by atoms with Crippen LogP contribution in [-0.2, 0) is 23.1 Å². The molecule has 138 valence electrons. The van der Waals surface area contributed by atoms with E-state index >= 15 is 0 Å². The van der Waals surface area contributed by atoms with Crippen LogP contribution in [0.1, 0.15) is 24.2 Å². The number of carboxylic acid groups (broad SMARTS) is 1. The minimum absolute atomic E-state index is 0.122. The molecule has 25 heavy (non-hydrogen) atoms. The van der Waals surface area contributed by atoms with Crippen molar-refractivity contribution >= 4 is 6.47 Å². The Hall–Kier alpha value is -2.19. The summed E-state index contributed by atoms with van der Waals surface area (Å²) in [6.07, 6.45) is 5.53. The zero-order valence-electron chi connectivity index (χ0n) is 15.0. The molecular weight excluding hydrogens is 324 g/mol. The predicted octanol–water partition coefficient (Wildman–Crippen LogP) is 1.39. The van der Waals surface area contributed by atoms with Crippen molar-refractivity contribution in [3.8, 4) is 11.6 Å². The number of aromatic nitrogens is 4. The standard InChI is InChI=1S/C16H24N4O2.CH2O2/c1-12-13(2)19(3)15(18-12)14-17-6-7-20(14)10-16(11-21)4-8-22-9-5-16;2-1-3/h6-7,21H,4-5,8-11H2,1-3H3;1H,(H,2,3). The van der Waals surface area contributed by atoms with Crippen LogP contribution >= 0.6 is 0 Å². The van der Waals surface area contributed by atoms with Crippen LogP contribution in [0.2, 0.25) is 0 Å². The molecule has 2 aromatic rings. The highest BCUT2D eigenvalue weighted by Crippen LogP contribution is 2.33. The predicted molar refractivity (Wildman–Crippen MR) is 92.2 cm³/mol. The number of ether oxygens (including phenoxy) is 1. The van der Waals surface area contributed by atoms with Gasteiger partial charge in [0.2, 0.25) is 0 Å². The summed E-state index contributed by atoms with van der Waals surface area (Å²) < 4.78 is 9.63. The zero-order valence-corrected chi connectivity index (χ0v) is 15.0. The molecule has 8 heteroatoms. The van der Waals surface area contributed by atoms with Gasteiger partial charge in [0.15, 0.2) is 11.6 Å². The molecule has 3 heterocycles. The maximum atomic E-state index is 9.89. The minimum atomic E-state index is -0.250. The third-order valence-corrected chi connectivity index (χ3v) is 4.93. The highest BCUT2D eigenvalue weighted by molar-refractivity contribution is 5.47. The second kappa shape index (κ2) is 8.26. The topological polar surface area (TPSA) is 102 Å². The first-order chi connectivity index (χ1) is 12.0. The van der Waals surface area contributed by atoms with E-state index in [1.807, 2.05) is 20.2 Å². The summed E-state index contributed by atoms with van der Waals surface area (Å²) in [7, 11) is 2.01. The van der Waals surface area contributed by atoms with Gasteiger partial charge in [0, 0.05) is 50.3 Å².